The first-order chi connectivity index (χ1) is 5.59. The van der Waals surface area contributed by atoms with Crippen molar-refractivity contribution in [3.63, 3.8) is 0 Å². The number of rotatable bonds is 1. The summed E-state index contributed by atoms with van der Waals surface area (Å²) < 4.78 is 9.40. The third kappa shape index (κ3) is 0.905. The summed E-state index contributed by atoms with van der Waals surface area (Å²) in [6, 6.07) is 0. The van der Waals surface area contributed by atoms with E-state index in [-0.39, 0.29) is 0 Å². The molecule has 2 fully saturated rings. The first kappa shape index (κ1) is 8.36. The average Bonchev–Trinajstić information content (AvgIpc) is 2.72. The van der Waals surface area contributed by atoms with Crippen LogP contribution >= 0.6 is 0 Å². The zero-order valence-corrected chi connectivity index (χ0v) is 6.12. The molecule has 6 nitrogen and oxygen atoms in total. The number of hydrogen-bond donors (Lipinski definition) is 4. The van der Waals surface area contributed by atoms with Gasteiger partial charge in [0.05, 0.1) is 6.61 Å². The van der Waals surface area contributed by atoms with Gasteiger partial charge >= 0.3 is 0 Å². The van der Waals surface area contributed by atoms with Crippen molar-refractivity contribution in [1.29, 1.82) is 0 Å². The second-order valence-corrected chi connectivity index (χ2v) is 2.98. The number of fused-ring (bicyclic) bond motifs is 1. The van der Waals surface area contributed by atoms with Crippen LogP contribution in [0.2, 0.25) is 0 Å². The fraction of sp³-hybridized carbons (Fsp3) is 1.00. The quantitative estimate of drug-likeness (QED) is 0.322. The lowest BCUT2D eigenvalue weighted by Gasteiger charge is -2.29. The van der Waals surface area contributed by atoms with Crippen LogP contribution in [0.25, 0.3) is 0 Å². The molecule has 2 heterocycles. The second-order valence-electron chi connectivity index (χ2n) is 2.98. The maximum absolute atomic E-state index is 9.42. The van der Waals surface area contributed by atoms with Gasteiger partial charge in [0.1, 0.15) is 18.3 Å². The van der Waals surface area contributed by atoms with Gasteiger partial charge in [0, 0.05) is 0 Å². The number of epoxide rings is 1. The predicted octanol–water partition coefficient (Wildman–Crippen LogP) is -2.86. The molecule has 4 N–H and O–H groups in total. The number of aliphatic hydroxyl groups excluding tert-OH is 3. The molecule has 70 valence electrons. The third-order valence-electron chi connectivity index (χ3n) is 2.20. The van der Waals surface area contributed by atoms with E-state index < -0.39 is 37.0 Å². The number of hydrogen-bond acceptors (Lipinski definition) is 6. The van der Waals surface area contributed by atoms with Gasteiger partial charge in [0.25, 0.3) is 0 Å². The molecule has 0 saturated carbocycles. The molecular formula is C6H10O6. The van der Waals surface area contributed by atoms with Gasteiger partial charge in [-0.3, -0.25) is 0 Å². The highest BCUT2D eigenvalue weighted by Crippen LogP contribution is 2.45. The van der Waals surface area contributed by atoms with E-state index >= 15 is 0 Å². The molecule has 2 aliphatic rings. The highest BCUT2D eigenvalue weighted by molar-refractivity contribution is 5.07. The normalized spacial score (nSPS) is 58.0. The van der Waals surface area contributed by atoms with Crippen molar-refractivity contribution in [2.45, 2.75) is 30.4 Å². The van der Waals surface area contributed by atoms with Crippen molar-refractivity contribution in [2.75, 3.05) is 6.61 Å². The molecule has 0 aromatic heterocycles. The van der Waals surface area contributed by atoms with Gasteiger partial charge in [0.2, 0.25) is 5.79 Å². The van der Waals surface area contributed by atoms with Gasteiger partial charge in [-0.25, -0.2) is 0 Å². The molecule has 0 bridgehead atoms. The van der Waals surface area contributed by atoms with Crippen molar-refractivity contribution in [2.24, 2.45) is 0 Å². The van der Waals surface area contributed by atoms with Crippen LogP contribution in [0.1, 0.15) is 0 Å². The van der Waals surface area contributed by atoms with Crippen molar-refractivity contribution < 1.29 is 29.9 Å². The Morgan fingerprint density at radius 1 is 1.33 bits per heavy atom. The Labute approximate surface area is 68.0 Å². The van der Waals surface area contributed by atoms with E-state index in [0.29, 0.717) is 0 Å². The zero-order valence-electron chi connectivity index (χ0n) is 6.12. The molecule has 0 spiro atoms. The third-order valence-corrected chi connectivity index (χ3v) is 2.20. The summed E-state index contributed by atoms with van der Waals surface area (Å²) in [6.07, 6.45) is -4.49. The topological polar surface area (TPSA) is 103 Å². The van der Waals surface area contributed by atoms with Crippen molar-refractivity contribution in [3.05, 3.63) is 0 Å². The van der Waals surface area contributed by atoms with Crippen LogP contribution in [0.5, 0.6) is 0 Å². The van der Waals surface area contributed by atoms with Gasteiger partial charge in [-0.2, -0.15) is 0 Å². The lowest BCUT2D eigenvalue weighted by molar-refractivity contribution is -0.249. The predicted molar refractivity (Wildman–Crippen MR) is 33.8 cm³/mol. The van der Waals surface area contributed by atoms with Gasteiger partial charge < -0.3 is 29.9 Å². The van der Waals surface area contributed by atoms with E-state index in [2.05, 4.69) is 4.74 Å². The summed E-state index contributed by atoms with van der Waals surface area (Å²) in [5.41, 5.74) is 0. The molecule has 12 heavy (non-hydrogen) atoms. The lowest BCUT2D eigenvalue weighted by Crippen LogP contribution is -2.52. The Balaban J connectivity index is 2.13. The summed E-state index contributed by atoms with van der Waals surface area (Å²) in [5, 5.41) is 36.3. The molecule has 0 aromatic carbocycles. The molecule has 2 saturated heterocycles. The molecule has 0 aromatic rings. The standard InChI is InChI=1S/C6H10O6/c7-1-2-6(10)4(12-6)3(8)5(9)11-2/h2-5,7-10H,1H2/t2-,3+,4-,5+,6+/m1/s1. The molecule has 0 amide bonds. The van der Waals surface area contributed by atoms with E-state index in [1.807, 2.05) is 0 Å². The van der Waals surface area contributed by atoms with E-state index in [1.165, 1.54) is 0 Å². The minimum Gasteiger partial charge on any atom is -0.393 e. The smallest absolute Gasteiger partial charge is 0.225 e. The Morgan fingerprint density at radius 2 is 2.00 bits per heavy atom. The molecule has 2 aliphatic heterocycles. The molecule has 0 radical (unpaired) electrons. The van der Waals surface area contributed by atoms with Crippen LogP contribution in [0, 0.1) is 0 Å². The second kappa shape index (κ2) is 2.38. The van der Waals surface area contributed by atoms with Gasteiger partial charge in [-0.05, 0) is 0 Å². The van der Waals surface area contributed by atoms with Gasteiger partial charge in [-0.15, -0.1) is 0 Å². The Kier molecular flexibility index (Phi) is 1.66. The molecule has 0 aliphatic carbocycles. The minimum atomic E-state index is -1.62. The molecule has 0 unspecified atom stereocenters. The fourth-order valence-corrected chi connectivity index (χ4v) is 1.41. The van der Waals surface area contributed by atoms with Gasteiger partial charge in [-0.1, -0.05) is 0 Å². The van der Waals surface area contributed by atoms with Crippen LogP contribution < -0.4 is 0 Å². The summed E-state index contributed by atoms with van der Waals surface area (Å²) >= 11 is 0. The first-order valence-corrected chi connectivity index (χ1v) is 3.62. The Bertz CT molecular complexity index is 196. The van der Waals surface area contributed by atoms with Crippen LogP contribution in [0.3, 0.4) is 0 Å². The zero-order chi connectivity index (χ0) is 8.93. The minimum absolute atomic E-state index is 0.462. The lowest BCUT2D eigenvalue weighted by atomic mass is 10.0. The Hall–Kier alpha value is -0.240. The summed E-state index contributed by atoms with van der Waals surface area (Å²) in [4.78, 5) is 0. The van der Waals surface area contributed by atoms with Crippen molar-refractivity contribution in [3.8, 4) is 0 Å². The van der Waals surface area contributed by atoms with Crippen LogP contribution in [-0.2, 0) is 9.47 Å². The number of aliphatic hydroxyl groups is 4. The molecular weight excluding hydrogens is 168 g/mol. The molecule has 5 atom stereocenters. The van der Waals surface area contributed by atoms with E-state index in [0.717, 1.165) is 0 Å². The fourth-order valence-electron chi connectivity index (χ4n) is 1.41. The Morgan fingerprint density at radius 3 is 2.58 bits per heavy atom. The first-order valence-electron chi connectivity index (χ1n) is 3.62. The summed E-state index contributed by atoms with van der Waals surface area (Å²) in [5.74, 6) is -1.62. The summed E-state index contributed by atoms with van der Waals surface area (Å²) in [7, 11) is 0. The maximum Gasteiger partial charge on any atom is 0.225 e. The van der Waals surface area contributed by atoms with Crippen molar-refractivity contribution >= 4 is 0 Å². The average molecular weight is 178 g/mol. The van der Waals surface area contributed by atoms with E-state index in [4.69, 9.17) is 20.1 Å². The molecule has 6 heteroatoms. The highest BCUT2D eigenvalue weighted by atomic mass is 16.8. The SMILES string of the molecule is OC[C@H]1O[C@H](O)[C@@H](O)[C@H]2O[C@]21O. The molecule has 2 rings (SSSR count). The maximum atomic E-state index is 9.42. The van der Waals surface area contributed by atoms with Crippen LogP contribution in [0.4, 0.5) is 0 Å². The largest absolute Gasteiger partial charge is 0.393 e. The van der Waals surface area contributed by atoms with Crippen molar-refractivity contribution in [1.82, 2.24) is 0 Å². The highest BCUT2D eigenvalue weighted by Gasteiger charge is 2.69. The monoisotopic (exact) mass is 178 g/mol. The summed E-state index contributed by atoms with van der Waals surface area (Å²) in [6.45, 7) is -0.462. The number of ether oxygens (including phenoxy) is 2. The van der Waals surface area contributed by atoms with E-state index in [1.54, 1.807) is 0 Å². The van der Waals surface area contributed by atoms with Crippen LogP contribution in [-0.4, -0.2) is 57.4 Å². The van der Waals surface area contributed by atoms with Crippen LogP contribution in [0.15, 0.2) is 0 Å². The van der Waals surface area contributed by atoms with Gasteiger partial charge in [0.15, 0.2) is 6.29 Å². The van der Waals surface area contributed by atoms with E-state index in [9.17, 15) is 5.11 Å².